The van der Waals surface area contributed by atoms with E-state index in [2.05, 4.69) is 0 Å². The molecule has 3 nitrogen and oxygen atoms in total. The Kier molecular flexibility index (Phi) is 3.09. The molecule has 0 aliphatic rings. The van der Waals surface area contributed by atoms with Crippen LogP contribution in [0.2, 0.25) is 0 Å². The van der Waals surface area contributed by atoms with Gasteiger partial charge in [-0.25, -0.2) is 4.79 Å². The number of rotatable bonds is 2. The molecule has 0 aliphatic heterocycles. The van der Waals surface area contributed by atoms with Crippen LogP contribution in [-0.2, 0) is 0 Å². The van der Waals surface area contributed by atoms with Gasteiger partial charge >= 0.3 is 6.03 Å². The fourth-order valence-corrected chi connectivity index (χ4v) is 2.36. The summed E-state index contributed by atoms with van der Waals surface area (Å²) in [6, 6.07) is 21.2. The van der Waals surface area contributed by atoms with Crippen molar-refractivity contribution in [3.8, 4) is 22.4 Å². The van der Waals surface area contributed by atoms with Gasteiger partial charge in [-0.05, 0) is 17.2 Å². The van der Waals surface area contributed by atoms with Gasteiger partial charge in [-0.15, -0.1) is 0 Å². The predicted octanol–water partition coefficient (Wildman–Crippen LogP) is 3.75. The largest absolute Gasteiger partial charge is 0.351 e. The molecular formula is C17H14N2O. The molecule has 0 unspecified atom stereocenters. The highest BCUT2D eigenvalue weighted by molar-refractivity contribution is 5.89. The molecule has 0 fully saturated rings. The van der Waals surface area contributed by atoms with E-state index in [0.29, 0.717) is 0 Å². The Morgan fingerprint density at radius 1 is 0.800 bits per heavy atom. The van der Waals surface area contributed by atoms with Crippen molar-refractivity contribution in [3.63, 3.8) is 0 Å². The SMILES string of the molecule is NC(=O)n1ccc(-c2ccccc2)c1-c1ccccc1. The number of primary amides is 1. The molecule has 1 amide bonds. The third-order valence-corrected chi connectivity index (χ3v) is 3.26. The number of benzene rings is 2. The number of hydrogen-bond donors (Lipinski definition) is 1. The summed E-state index contributed by atoms with van der Waals surface area (Å²) in [4.78, 5) is 11.6. The summed E-state index contributed by atoms with van der Waals surface area (Å²) in [5, 5.41) is 0. The van der Waals surface area contributed by atoms with Crippen molar-refractivity contribution in [2.75, 3.05) is 0 Å². The van der Waals surface area contributed by atoms with Gasteiger partial charge in [0.15, 0.2) is 0 Å². The highest BCUT2D eigenvalue weighted by Crippen LogP contribution is 2.32. The van der Waals surface area contributed by atoms with Gasteiger partial charge in [-0.2, -0.15) is 0 Å². The molecule has 2 aromatic carbocycles. The summed E-state index contributed by atoms with van der Waals surface area (Å²) in [6.07, 6.45) is 1.72. The Hall–Kier alpha value is -2.81. The summed E-state index contributed by atoms with van der Waals surface area (Å²) in [5.74, 6) is 0. The van der Waals surface area contributed by atoms with E-state index >= 15 is 0 Å². The van der Waals surface area contributed by atoms with Crippen LogP contribution < -0.4 is 5.73 Å². The van der Waals surface area contributed by atoms with Crippen molar-refractivity contribution < 1.29 is 4.79 Å². The first-order valence-electron chi connectivity index (χ1n) is 6.39. The van der Waals surface area contributed by atoms with E-state index in [1.165, 1.54) is 4.57 Å². The summed E-state index contributed by atoms with van der Waals surface area (Å²) in [7, 11) is 0. The van der Waals surface area contributed by atoms with Crippen molar-refractivity contribution in [3.05, 3.63) is 72.9 Å². The Morgan fingerprint density at radius 2 is 1.35 bits per heavy atom. The second-order valence-electron chi connectivity index (χ2n) is 4.52. The van der Waals surface area contributed by atoms with Crippen LogP contribution in [-0.4, -0.2) is 10.6 Å². The first kappa shape index (κ1) is 12.2. The topological polar surface area (TPSA) is 48.0 Å². The molecule has 0 radical (unpaired) electrons. The zero-order valence-corrected chi connectivity index (χ0v) is 10.9. The number of nitrogens with two attached hydrogens (primary N) is 1. The molecule has 98 valence electrons. The predicted molar refractivity (Wildman–Crippen MR) is 80.3 cm³/mol. The molecule has 1 aromatic heterocycles. The second kappa shape index (κ2) is 5.05. The maximum atomic E-state index is 11.6. The summed E-state index contributed by atoms with van der Waals surface area (Å²) in [5.41, 5.74) is 9.32. The van der Waals surface area contributed by atoms with Crippen molar-refractivity contribution in [2.24, 2.45) is 5.73 Å². The van der Waals surface area contributed by atoms with Gasteiger partial charge in [0, 0.05) is 11.8 Å². The van der Waals surface area contributed by atoms with Gasteiger partial charge in [-0.1, -0.05) is 60.7 Å². The van der Waals surface area contributed by atoms with E-state index in [9.17, 15) is 4.79 Å². The van der Waals surface area contributed by atoms with Crippen LogP contribution >= 0.6 is 0 Å². The average Bonchev–Trinajstić information content (AvgIpc) is 2.94. The van der Waals surface area contributed by atoms with E-state index in [-0.39, 0.29) is 0 Å². The minimum Gasteiger partial charge on any atom is -0.351 e. The van der Waals surface area contributed by atoms with Crippen LogP contribution in [0, 0.1) is 0 Å². The van der Waals surface area contributed by atoms with Crippen LogP contribution in [0.1, 0.15) is 0 Å². The van der Waals surface area contributed by atoms with Gasteiger partial charge in [0.25, 0.3) is 0 Å². The third kappa shape index (κ3) is 2.10. The molecule has 3 heteroatoms. The minimum absolute atomic E-state index is 0.481. The second-order valence-corrected chi connectivity index (χ2v) is 4.52. The fourth-order valence-electron chi connectivity index (χ4n) is 2.36. The normalized spacial score (nSPS) is 10.4. The highest BCUT2D eigenvalue weighted by Gasteiger charge is 2.15. The van der Waals surface area contributed by atoms with Gasteiger partial charge in [0.05, 0.1) is 5.69 Å². The Labute approximate surface area is 117 Å². The molecule has 2 N–H and O–H groups in total. The third-order valence-electron chi connectivity index (χ3n) is 3.26. The molecule has 0 atom stereocenters. The monoisotopic (exact) mass is 262 g/mol. The first-order chi connectivity index (χ1) is 9.77. The minimum atomic E-state index is -0.481. The van der Waals surface area contributed by atoms with Crippen LogP contribution in [0.3, 0.4) is 0 Å². The van der Waals surface area contributed by atoms with Crippen molar-refractivity contribution >= 4 is 6.03 Å². The van der Waals surface area contributed by atoms with Gasteiger partial charge in [0.2, 0.25) is 0 Å². The highest BCUT2D eigenvalue weighted by atomic mass is 16.2. The Morgan fingerprint density at radius 3 is 1.90 bits per heavy atom. The number of carbonyl (C=O) groups is 1. The van der Waals surface area contributed by atoms with Gasteiger partial charge < -0.3 is 5.73 Å². The lowest BCUT2D eigenvalue weighted by Gasteiger charge is -2.09. The molecule has 0 bridgehead atoms. The smallest absolute Gasteiger partial charge is 0.323 e. The maximum Gasteiger partial charge on any atom is 0.323 e. The molecular weight excluding hydrogens is 248 g/mol. The van der Waals surface area contributed by atoms with Crippen molar-refractivity contribution in [2.45, 2.75) is 0 Å². The number of aromatic nitrogens is 1. The lowest BCUT2D eigenvalue weighted by atomic mass is 10.0. The molecule has 0 spiro atoms. The summed E-state index contributed by atoms with van der Waals surface area (Å²) in [6.45, 7) is 0. The standard InChI is InChI=1S/C17H14N2O/c18-17(20)19-12-11-15(13-7-3-1-4-8-13)16(19)14-9-5-2-6-10-14/h1-12H,(H2,18,20). The number of nitrogens with zero attached hydrogens (tertiary/aromatic N) is 1. The lowest BCUT2D eigenvalue weighted by molar-refractivity contribution is 0.250. The molecule has 3 rings (SSSR count). The van der Waals surface area contributed by atoms with Crippen molar-refractivity contribution in [1.29, 1.82) is 0 Å². The van der Waals surface area contributed by atoms with Gasteiger partial charge in [0.1, 0.15) is 0 Å². The molecule has 0 saturated heterocycles. The van der Waals surface area contributed by atoms with Crippen LogP contribution in [0.4, 0.5) is 4.79 Å². The molecule has 0 aliphatic carbocycles. The van der Waals surface area contributed by atoms with E-state index in [1.807, 2.05) is 66.7 Å². The van der Waals surface area contributed by atoms with E-state index in [1.54, 1.807) is 6.20 Å². The number of hydrogen-bond acceptors (Lipinski definition) is 1. The maximum absolute atomic E-state index is 11.6. The van der Waals surface area contributed by atoms with Crippen LogP contribution in [0.5, 0.6) is 0 Å². The molecule has 0 saturated carbocycles. The van der Waals surface area contributed by atoms with E-state index in [0.717, 1.165) is 22.4 Å². The Bertz CT molecular complexity index is 730. The van der Waals surface area contributed by atoms with Crippen LogP contribution in [0.15, 0.2) is 72.9 Å². The summed E-state index contributed by atoms with van der Waals surface area (Å²) < 4.78 is 1.48. The number of amides is 1. The molecule has 3 aromatic rings. The molecule has 1 heterocycles. The van der Waals surface area contributed by atoms with Crippen LogP contribution in [0.25, 0.3) is 22.4 Å². The average molecular weight is 262 g/mol. The van der Waals surface area contributed by atoms with Gasteiger partial charge in [-0.3, -0.25) is 4.57 Å². The first-order valence-corrected chi connectivity index (χ1v) is 6.39. The quantitative estimate of drug-likeness (QED) is 0.751. The zero-order valence-electron chi connectivity index (χ0n) is 10.9. The fraction of sp³-hybridized carbons (Fsp3) is 0. The summed E-state index contributed by atoms with van der Waals surface area (Å²) >= 11 is 0. The molecule has 20 heavy (non-hydrogen) atoms. The van der Waals surface area contributed by atoms with Crippen molar-refractivity contribution in [1.82, 2.24) is 4.57 Å². The number of carbonyl (C=O) groups excluding carboxylic acids is 1. The lowest BCUT2D eigenvalue weighted by Crippen LogP contribution is -2.19. The van der Waals surface area contributed by atoms with E-state index in [4.69, 9.17) is 5.73 Å². The van der Waals surface area contributed by atoms with E-state index < -0.39 is 6.03 Å². The Balaban J connectivity index is 2.25. The zero-order chi connectivity index (χ0) is 13.9.